The van der Waals surface area contributed by atoms with Gasteiger partial charge in [-0.1, -0.05) is 39.1 Å². The third-order valence-electron chi connectivity index (χ3n) is 2.92. The van der Waals surface area contributed by atoms with Crippen molar-refractivity contribution in [1.82, 2.24) is 9.55 Å². The van der Waals surface area contributed by atoms with Crippen LogP contribution in [0.3, 0.4) is 0 Å². The van der Waals surface area contributed by atoms with E-state index in [4.69, 9.17) is 23.2 Å². The molecule has 0 amide bonds. The predicted octanol–water partition coefficient (Wildman–Crippen LogP) is 5.61. The van der Waals surface area contributed by atoms with Crippen LogP contribution in [0.2, 0.25) is 10.0 Å². The molecule has 0 fully saturated rings. The molecule has 0 unspecified atom stereocenters. The van der Waals surface area contributed by atoms with Gasteiger partial charge >= 0.3 is 0 Å². The van der Waals surface area contributed by atoms with E-state index in [9.17, 15) is 0 Å². The summed E-state index contributed by atoms with van der Waals surface area (Å²) in [6, 6.07) is 13.4. The Balaban J connectivity index is 2.12. The summed E-state index contributed by atoms with van der Waals surface area (Å²) >= 11 is 15.6. The molecule has 5 heteroatoms. The van der Waals surface area contributed by atoms with Gasteiger partial charge in [-0.25, -0.2) is 4.98 Å². The van der Waals surface area contributed by atoms with E-state index in [2.05, 4.69) is 20.9 Å². The van der Waals surface area contributed by atoms with Crippen molar-refractivity contribution in [1.29, 1.82) is 0 Å². The maximum Gasteiger partial charge on any atom is 0.145 e. The lowest BCUT2D eigenvalue weighted by Crippen LogP contribution is -1.96. The van der Waals surface area contributed by atoms with Gasteiger partial charge < -0.3 is 0 Å². The molecule has 2 aromatic carbocycles. The van der Waals surface area contributed by atoms with Crippen molar-refractivity contribution in [3.63, 3.8) is 0 Å². The van der Waals surface area contributed by atoms with Gasteiger partial charge in [-0.15, -0.1) is 0 Å². The number of hydrogen-bond donors (Lipinski definition) is 0. The number of hydrogen-bond acceptors (Lipinski definition) is 1. The van der Waals surface area contributed by atoms with Crippen LogP contribution in [0.4, 0.5) is 0 Å². The van der Waals surface area contributed by atoms with Gasteiger partial charge in [-0.3, -0.25) is 4.57 Å². The van der Waals surface area contributed by atoms with Gasteiger partial charge in [0, 0.05) is 33.1 Å². The zero-order valence-electron chi connectivity index (χ0n) is 10.2. The topological polar surface area (TPSA) is 17.8 Å². The van der Waals surface area contributed by atoms with Crippen molar-refractivity contribution in [2.75, 3.05) is 0 Å². The van der Waals surface area contributed by atoms with Crippen molar-refractivity contribution in [2.24, 2.45) is 0 Å². The fraction of sp³-hybridized carbons (Fsp3) is 0. The van der Waals surface area contributed by atoms with Gasteiger partial charge in [0.1, 0.15) is 5.82 Å². The molecule has 20 heavy (non-hydrogen) atoms. The van der Waals surface area contributed by atoms with E-state index in [-0.39, 0.29) is 0 Å². The van der Waals surface area contributed by atoms with Crippen LogP contribution in [-0.4, -0.2) is 9.55 Å². The van der Waals surface area contributed by atoms with Crippen LogP contribution >= 0.6 is 39.1 Å². The molecule has 0 bridgehead atoms. The predicted molar refractivity (Wildman–Crippen MR) is 86.7 cm³/mol. The lowest BCUT2D eigenvalue weighted by molar-refractivity contribution is 1.07. The summed E-state index contributed by atoms with van der Waals surface area (Å²) in [4.78, 5) is 4.40. The highest BCUT2D eigenvalue weighted by molar-refractivity contribution is 9.10. The quantitative estimate of drug-likeness (QED) is 0.575. The molecule has 0 atom stereocenters. The van der Waals surface area contributed by atoms with Crippen LogP contribution in [0.25, 0.3) is 17.1 Å². The highest BCUT2D eigenvalue weighted by atomic mass is 79.9. The smallest absolute Gasteiger partial charge is 0.145 e. The van der Waals surface area contributed by atoms with E-state index in [0.29, 0.717) is 10.0 Å². The zero-order chi connectivity index (χ0) is 14.1. The molecule has 0 aliphatic rings. The van der Waals surface area contributed by atoms with E-state index in [0.717, 1.165) is 21.5 Å². The Bertz CT molecular complexity index is 751. The van der Waals surface area contributed by atoms with Crippen LogP contribution in [0.5, 0.6) is 0 Å². The van der Waals surface area contributed by atoms with Gasteiger partial charge in [0.05, 0.1) is 5.02 Å². The van der Waals surface area contributed by atoms with Crippen LogP contribution in [0.15, 0.2) is 59.3 Å². The standard InChI is InChI=1S/C15H9BrCl2N2/c16-10-1-4-12(5-2-10)20-8-7-19-15(20)13-6-3-11(17)9-14(13)18/h1-9H. The number of rotatable bonds is 2. The normalized spacial score (nSPS) is 10.8. The van der Waals surface area contributed by atoms with Crippen molar-refractivity contribution in [3.05, 3.63) is 69.4 Å². The largest absolute Gasteiger partial charge is 0.300 e. The number of benzene rings is 2. The van der Waals surface area contributed by atoms with E-state index >= 15 is 0 Å². The number of imidazole rings is 1. The first kappa shape index (κ1) is 13.7. The lowest BCUT2D eigenvalue weighted by atomic mass is 10.2. The van der Waals surface area contributed by atoms with Gasteiger partial charge in [0.25, 0.3) is 0 Å². The van der Waals surface area contributed by atoms with E-state index < -0.39 is 0 Å². The highest BCUT2D eigenvalue weighted by Gasteiger charge is 2.11. The average Bonchev–Trinajstić information content (AvgIpc) is 2.88. The summed E-state index contributed by atoms with van der Waals surface area (Å²) in [7, 11) is 0. The molecule has 3 aromatic rings. The third kappa shape index (κ3) is 2.62. The summed E-state index contributed by atoms with van der Waals surface area (Å²) in [5.74, 6) is 0.786. The maximum absolute atomic E-state index is 6.26. The molecule has 100 valence electrons. The Hall–Kier alpha value is -1.29. The maximum atomic E-state index is 6.26. The van der Waals surface area contributed by atoms with E-state index in [1.807, 2.05) is 47.2 Å². The minimum Gasteiger partial charge on any atom is -0.300 e. The Kier molecular flexibility index (Phi) is 3.83. The molecule has 0 spiro atoms. The monoisotopic (exact) mass is 366 g/mol. The minimum atomic E-state index is 0.585. The Morgan fingerprint density at radius 1 is 1.00 bits per heavy atom. The Labute approximate surface area is 135 Å². The lowest BCUT2D eigenvalue weighted by Gasteiger charge is -2.09. The molecule has 0 saturated heterocycles. The molecule has 0 aliphatic heterocycles. The molecule has 0 aliphatic carbocycles. The third-order valence-corrected chi connectivity index (χ3v) is 3.99. The first-order chi connectivity index (χ1) is 9.65. The van der Waals surface area contributed by atoms with E-state index in [1.54, 1.807) is 12.3 Å². The van der Waals surface area contributed by atoms with Crippen molar-refractivity contribution < 1.29 is 0 Å². The molecule has 1 aromatic heterocycles. The molecule has 1 heterocycles. The zero-order valence-corrected chi connectivity index (χ0v) is 13.3. The van der Waals surface area contributed by atoms with Crippen LogP contribution < -0.4 is 0 Å². The molecular weight excluding hydrogens is 359 g/mol. The van der Waals surface area contributed by atoms with Gasteiger partial charge in [-0.2, -0.15) is 0 Å². The summed E-state index contributed by atoms with van der Waals surface area (Å²) < 4.78 is 3.02. The van der Waals surface area contributed by atoms with Crippen molar-refractivity contribution in [2.45, 2.75) is 0 Å². The van der Waals surface area contributed by atoms with Gasteiger partial charge in [0.2, 0.25) is 0 Å². The van der Waals surface area contributed by atoms with Gasteiger partial charge in [-0.05, 0) is 42.5 Å². The summed E-state index contributed by atoms with van der Waals surface area (Å²) in [6.07, 6.45) is 3.66. The van der Waals surface area contributed by atoms with Crippen LogP contribution in [0, 0.1) is 0 Å². The second-order valence-electron chi connectivity index (χ2n) is 4.22. The summed E-state index contributed by atoms with van der Waals surface area (Å²) in [6.45, 7) is 0. The number of nitrogens with zero attached hydrogens (tertiary/aromatic N) is 2. The first-order valence-electron chi connectivity index (χ1n) is 5.90. The molecule has 3 rings (SSSR count). The fourth-order valence-electron chi connectivity index (χ4n) is 1.98. The first-order valence-corrected chi connectivity index (χ1v) is 7.45. The summed E-state index contributed by atoms with van der Waals surface area (Å²) in [5, 5.41) is 1.20. The fourth-order valence-corrected chi connectivity index (χ4v) is 2.74. The molecule has 2 nitrogen and oxygen atoms in total. The average molecular weight is 368 g/mol. The number of aromatic nitrogens is 2. The Morgan fingerprint density at radius 3 is 2.45 bits per heavy atom. The van der Waals surface area contributed by atoms with Crippen molar-refractivity contribution >= 4 is 39.1 Å². The molecule has 0 radical (unpaired) electrons. The second kappa shape index (κ2) is 5.60. The number of halogens is 3. The van der Waals surface area contributed by atoms with E-state index in [1.165, 1.54) is 0 Å². The SMILES string of the molecule is Clc1ccc(-c2nccn2-c2ccc(Br)cc2)c(Cl)c1. The summed E-state index contributed by atoms with van der Waals surface area (Å²) in [5.41, 5.74) is 1.87. The molecular formula is C15H9BrCl2N2. The second-order valence-corrected chi connectivity index (χ2v) is 5.98. The van der Waals surface area contributed by atoms with Crippen molar-refractivity contribution in [3.8, 4) is 17.1 Å². The van der Waals surface area contributed by atoms with Gasteiger partial charge in [0.15, 0.2) is 0 Å². The minimum absolute atomic E-state index is 0.585. The Morgan fingerprint density at radius 2 is 1.75 bits per heavy atom. The molecule has 0 N–H and O–H groups in total. The molecule has 0 saturated carbocycles. The highest BCUT2D eigenvalue weighted by Crippen LogP contribution is 2.30. The van der Waals surface area contributed by atoms with Crippen LogP contribution in [0.1, 0.15) is 0 Å². The van der Waals surface area contributed by atoms with Crippen LogP contribution in [-0.2, 0) is 0 Å².